The van der Waals surface area contributed by atoms with Gasteiger partial charge in [0, 0.05) is 18.0 Å². The van der Waals surface area contributed by atoms with E-state index in [0.717, 1.165) is 29.6 Å². The maximum Gasteiger partial charge on any atom is 0.354 e. The molecule has 1 aromatic carbocycles. The van der Waals surface area contributed by atoms with Crippen LogP contribution >= 0.6 is 0 Å². The quantitative estimate of drug-likeness (QED) is 0.712. The highest BCUT2D eigenvalue weighted by atomic mass is 16.5. The number of β-amino-alcohol motifs (C(OH)–C–C–N with tert-alkyl or cyclic N) is 1. The molecule has 0 amide bonds. The number of carbonyl (C=O) groups is 1. The molecule has 1 fully saturated rings. The number of para-hydroxylation sites is 1. The highest BCUT2D eigenvalue weighted by Crippen LogP contribution is 2.32. The molecule has 1 atom stereocenters. The number of furan rings is 1. The molecule has 0 spiro atoms. The van der Waals surface area contributed by atoms with Gasteiger partial charge >= 0.3 is 5.97 Å². The van der Waals surface area contributed by atoms with Gasteiger partial charge < -0.3 is 23.7 Å². The second-order valence-corrected chi connectivity index (χ2v) is 6.96. The first-order valence-corrected chi connectivity index (χ1v) is 9.17. The summed E-state index contributed by atoms with van der Waals surface area (Å²) >= 11 is 0. The summed E-state index contributed by atoms with van der Waals surface area (Å²) in [4.78, 5) is 14.5. The first-order valence-electron chi connectivity index (χ1n) is 9.17. The lowest BCUT2D eigenvalue weighted by Gasteiger charge is -2.28. The number of carbonyl (C=O) groups excluding carboxylic acids is 1. The van der Waals surface area contributed by atoms with E-state index in [1.54, 1.807) is 6.07 Å². The van der Waals surface area contributed by atoms with Gasteiger partial charge in [-0.1, -0.05) is 18.6 Å². The van der Waals surface area contributed by atoms with E-state index < -0.39 is 12.1 Å². The maximum absolute atomic E-state index is 12.2. The molecule has 26 heavy (non-hydrogen) atoms. The number of likely N-dealkylation sites (tertiary alicyclic amines) is 1. The third kappa shape index (κ3) is 3.10. The molecule has 0 radical (unpaired) electrons. The Morgan fingerprint density at radius 1 is 1.19 bits per heavy atom. The summed E-state index contributed by atoms with van der Waals surface area (Å²) in [5, 5.41) is 11.6. The van der Waals surface area contributed by atoms with Crippen LogP contribution in [0.15, 0.2) is 34.7 Å². The summed E-state index contributed by atoms with van der Waals surface area (Å²) in [5.41, 5.74) is 2.65. The average molecular weight is 356 g/mol. The van der Waals surface area contributed by atoms with Gasteiger partial charge in [0.15, 0.2) is 5.58 Å². The molecular weight excluding hydrogens is 332 g/mol. The van der Waals surface area contributed by atoms with E-state index >= 15 is 0 Å². The molecular formula is C20H24N2O4. The number of fused-ring (bicyclic) bond motifs is 3. The van der Waals surface area contributed by atoms with Crippen LogP contribution in [0.2, 0.25) is 0 Å². The van der Waals surface area contributed by atoms with Gasteiger partial charge in [-0.3, -0.25) is 0 Å². The zero-order chi connectivity index (χ0) is 18.1. The van der Waals surface area contributed by atoms with Crippen LogP contribution in [0.1, 0.15) is 29.8 Å². The summed E-state index contributed by atoms with van der Waals surface area (Å²) < 4.78 is 12.6. The summed E-state index contributed by atoms with van der Waals surface area (Å²) in [7, 11) is 1.36. The van der Waals surface area contributed by atoms with Gasteiger partial charge in [-0.2, -0.15) is 0 Å². The third-order valence-corrected chi connectivity index (χ3v) is 5.13. The molecule has 1 aliphatic heterocycles. The largest absolute Gasteiger partial charge is 0.464 e. The number of esters is 1. The van der Waals surface area contributed by atoms with Crippen molar-refractivity contribution in [2.75, 3.05) is 26.7 Å². The first kappa shape index (κ1) is 17.1. The number of aliphatic hydroxyl groups is 1. The van der Waals surface area contributed by atoms with Gasteiger partial charge in [0.1, 0.15) is 11.3 Å². The SMILES string of the molecule is COC(=O)c1cc2oc3ccccc3c2n1CC(O)CN1CCCCC1. The number of ether oxygens (including phenoxy) is 1. The second-order valence-electron chi connectivity index (χ2n) is 6.96. The maximum atomic E-state index is 12.2. The summed E-state index contributed by atoms with van der Waals surface area (Å²) in [6, 6.07) is 9.43. The molecule has 1 saturated heterocycles. The van der Waals surface area contributed by atoms with Crippen LogP contribution in [0.5, 0.6) is 0 Å². The van der Waals surface area contributed by atoms with E-state index in [0.29, 0.717) is 24.4 Å². The minimum absolute atomic E-state index is 0.327. The Bertz CT molecular complexity index is 921. The molecule has 2 aromatic heterocycles. The van der Waals surface area contributed by atoms with Gasteiger partial charge in [-0.15, -0.1) is 0 Å². The fourth-order valence-electron chi connectivity index (χ4n) is 3.92. The van der Waals surface area contributed by atoms with E-state index in [1.807, 2.05) is 28.8 Å². The minimum atomic E-state index is -0.569. The normalized spacial score (nSPS) is 17.0. The van der Waals surface area contributed by atoms with Gasteiger partial charge in [-0.25, -0.2) is 4.79 Å². The van der Waals surface area contributed by atoms with Gasteiger partial charge in [0.2, 0.25) is 0 Å². The van der Waals surface area contributed by atoms with Crippen molar-refractivity contribution in [3.63, 3.8) is 0 Å². The van der Waals surface area contributed by atoms with Crippen LogP contribution in [0, 0.1) is 0 Å². The molecule has 1 unspecified atom stereocenters. The standard InChI is InChI=1S/C20H24N2O4/c1-25-20(24)16-11-18-19(15-7-3-4-8-17(15)26-18)22(16)13-14(23)12-21-9-5-2-6-10-21/h3-4,7-8,11,14,23H,2,5-6,9-10,12-13H2,1H3. The monoisotopic (exact) mass is 356 g/mol. The number of nitrogens with zero attached hydrogens (tertiary/aromatic N) is 2. The fourth-order valence-corrected chi connectivity index (χ4v) is 3.92. The van der Waals surface area contributed by atoms with Crippen molar-refractivity contribution in [3.8, 4) is 0 Å². The molecule has 1 aliphatic rings. The van der Waals surface area contributed by atoms with Gasteiger partial charge in [0.25, 0.3) is 0 Å². The fraction of sp³-hybridized carbons (Fsp3) is 0.450. The Balaban J connectivity index is 1.69. The van der Waals surface area contributed by atoms with Crippen LogP contribution in [-0.4, -0.2) is 53.4 Å². The van der Waals surface area contributed by atoms with E-state index in [1.165, 1.54) is 26.4 Å². The van der Waals surface area contributed by atoms with E-state index in [-0.39, 0.29) is 0 Å². The van der Waals surface area contributed by atoms with Crippen LogP contribution < -0.4 is 0 Å². The highest BCUT2D eigenvalue weighted by Gasteiger charge is 2.23. The van der Waals surface area contributed by atoms with Crippen molar-refractivity contribution in [1.82, 2.24) is 9.47 Å². The van der Waals surface area contributed by atoms with Crippen LogP contribution in [0.3, 0.4) is 0 Å². The Hall–Kier alpha value is -2.31. The highest BCUT2D eigenvalue weighted by molar-refractivity contribution is 6.06. The molecule has 1 N–H and O–H groups in total. The van der Waals surface area contributed by atoms with Crippen molar-refractivity contribution < 1.29 is 19.1 Å². The predicted molar refractivity (Wildman–Crippen MR) is 99.3 cm³/mol. The van der Waals surface area contributed by atoms with E-state index in [2.05, 4.69) is 4.90 Å². The first-order chi connectivity index (χ1) is 12.7. The van der Waals surface area contributed by atoms with Crippen molar-refractivity contribution in [3.05, 3.63) is 36.0 Å². The topological polar surface area (TPSA) is 67.8 Å². The number of piperidine rings is 1. The molecule has 0 saturated carbocycles. The Morgan fingerprint density at radius 2 is 1.96 bits per heavy atom. The Morgan fingerprint density at radius 3 is 2.73 bits per heavy atom. The molecule has 4 rings (SSSR count). The minimum Gasteiger partial charge on any atom is -0.464 e. The van der Waals surface area contributed by atoms with Crippen LogP contribution in [-0.2, 0) is 11.3 Å². The number of methoxy groups -OCH3 is 1. The molecule has 0 aliphatic carbocycles. The number of benzene rings is 1. The lowest BCUT2D eigenvalue weighted by atomic mass is 10.1. The molecule has 6 nitrogen and oxygen atoms in total. The summed E-state index contributed by atoms with van der Waals surface area (Å²) in [6.45, 7) is 2.98. The predicted octanol–water partition coefficient (Wildman–Crippen LogP) is 3.02. The molecule has 0 bridgehead atoms. The van der Waals surface area contributed by atoms with Crippen molar-refractivity contribution >= 4 is 28.0 Å². The number of rotatable bonds is 5. The molecule has 3 heterocycles. The van der Waals surface area contributed by atoms with Gasteiger partial charge in [0.05, 0.1) is 25.3 Å². The van der Waals surface area contributed by atoms with Crippen molar-refractivity contribution in [2.45, 2.75) is 31.9 Å². The lowest BCUT2D eigenvalue weighted by Crippen LogP contribution is -2.38. The number of hydrogen-bond donors (Lipinski definition) is 1. The zero-order valence-electron chi connectivity index (χ0n) is 15.0. The molecule has 138 valence electrons. The number of aromatic nitrogens is 1. The van der Waals surface area contributed by atoms with Crippen LogP contribution in [0.25, 0.3) is 22.1 Å². The van der Waals surface area contributed by atoms with Crippen molar-refractivity contribution in [2.24, 2.45) is 0 Å². The lowest BCUT2D eigenvalue weighted by molar-refractivity contribution is 0.0577. The zero-order valence-corrected chi connectivity index (χ0v) is 15.0. The van der Waals surface area contributed by atoms with E-state index in [9.17, 15) is 9.90 Å². The number of hydrogen-bond acceptors (Lipinski definition) is 5. The molecule has 6 heteroatoms. The van der Waals surface area contributed by atoms with Crippen LogP contribution in [0.4, 0.5) is 0 Å². The van der Waals surface area contributed by atoms with Crippen molar-refractivity contribution in [1.29, 1.82) is 0 Å². The molecule has 3 aromatic rings. The average Bonchev–Trinajstić information content (AvgIpc) is 3.18. The summed E-state index contributed by atoms with van der Waals surface area (Å²) in [6.07, 6.45) is 3.06. The Kier molecular flexibility index (Phi) is 4.70. The third-order valence-electron chi connectivity index (χ3n) is 5.13. The Labute approximate surface area is 151 Å². The summed E-state index contributed by atoms with van der Waals surface area (Å²) in [5.74, 6) is -0.425. The smallest absolute Gasteiger partial charge is 0.354 e. The second kappa shape index (κ2) is 7.13. The van der Waals surface area contributed by atoms with E-state index in [4.69, 9.17) is 9.15 Å². The number of aliphatic hydroxyl groups excluding tert-OH is 1. The van der Waals surface area contributed by atoms with Gasteiger partial charge in [-0.05, 0) is 38.1 Å².